The second-order valence-corrected chi connectivity index (χ2v) is 4.37. The molecule has 0 aromatic rings. The number of thiocarbonyl (C=S) groups is 3. The minimum absolute atomic E-state index is 0. The standard InChI is InChI=1S/3CH3NS2.Cr/c3*2-1(3)4;/h3*(H3,2,3,4);/q;;;+3/p-3. The van der Waals surface area contributed by atoms with E-state index in [1.165, 1.54) is 0 Å². The van der Waals surface area contributed by atoms with E-state index in [9.17, 15) is 0 Å². The SMILES string of the molecule is NC(=S)[S-].NC(=S)[S-].NC(=S)[S-].[Cr+3]. The molecule has 0 aliphatic rings. The van der Waals surface area contributed by atoms with E-state index in [1.807, 2.05) is 0 Å². The fraction of sp³-hybridized carbons (Fsp3) is 0. The molecular weight excluding hydrogens is 322 g/mol. The zero-order chi connectivity index (χ0) is 10.7. The molecule has 1 radical (unpaired) electrons. The van der Waals surface area contributed by atoms with Gasteiger partial charge >= 0.3 is 17.4 Å². The van der Waals surface area contributed by atoms with Gasteiger partial charge in [-0.2, -0.15) is 0 Å². The molecule has 0 rings (SSSR count). The summed E-state index contributed by atoms with van der Waals surface area (Å²) < 4.78 is 0.250. The Balaban J connectivity index is -0.0000000450. The maximum absolute atomic E-state index is 4.66. The fourth-order valence-electron chi connectivity index (χ4n) is 0. The van der Waals surface area contributed by atoms with Gasteiger partial charge in [-0.05, 0) is 0 Å². The molecule has 0 aliphatic carbocycles. The van der Waals surface area contributed by atoms with Crippen molar-refractivity contribution in [3.05, 3.63) is 0 Å². The van der Waals surface area contributed by atoms with Crippen molar-refractivity contribution < 1.29 is 17.4 Å². The van der Waals surface area contributed by atoms with E-state index < -0.39 is 0 Å². The largest absolute Gasteiger partial charge is 3.00 e. The smallest absolute Gasteiger partial charge is 0.415 e. The van der Waals surface area contributed by atoms with Crippen LogP contribution in [0.25, 0.3) is 0 Å². The molecular formula is C3H6CrN3S6. The zero-order valence-corrected chi connectivity index (χ0v) is 12.3. The van der Waals surface area contributed by atoms with Crippen molar-refractivity contribution in [2.45, 2.75) is 0 Å². The summed E-state index contributed by atoms with van der Waals surface area (Å²) in [5.74, 6) is 0. The Bertz CT molecular complexity index is 121. The maximum atomic E-state index is 4.66. The molecule has 0 heterocycles. The van der Waals surface area contributed by atoms with Gasteiger partial charge in [0.2, 0.25) is 0 Å². The normalized spacial score (nSPS) is 5.54. The quantitative estimate of drug-likeness (QED) is 0.396. The van der Waals surface area contributed by atoms with Crippen molar-refractivity contribution in [1.82, 2.24) is 0 Å². The van der Waals surface area contributed by atoms with Crippen LogP contribution in [-0.4, -0.2) is 13.0 Å². The Labute approximate surface area is 121 Å². The first-order chi connectivity index (χ1) is 5.20. The van der Waals surface area contributed by atoms with Crippen LogP contribution in [0.2, 0.25) is 0 Å². The second kappa shape index (κ2) is 18.6. The molecule has 3 nitrogen and oxygen atoms in total. The minimum atomic E-state index is 0. The van der Waals surface area contributed by atoms with Crippen molar-refractivity contribution in [3.8, 4) is 0 Å². The summed E-state index contributed by atoms with van der Waals surface area (Å²) in [6, 6.07) is 0. The zero-order valence-electron chi connectivity index (χ0n) is 6.09. The molecule has 0 atom stereocenters. The van der Waals surface area contributed by atoms with Gasteiger partial charge in [-0.3, -0.25) is 0 Å². The van der Waals surface area contributed by atoms with Crippen LogP contribution >= 0.6 is 36.7 Å². The van der Waals surface area contributed by atoms with Gasteiger partial charge in [-0.25, -0.2) is 0 Å². The van der Waals surface area contributed by atoms with Crippen LogP contribution in [0.4, 0.5) is 0 Å². The number of rotatable bonds is 0. The van der Waals surface area contributed by atoms with Crippen molar-refractivity contribution in [2.24, 2.45) is 17.2 Å². The second-order valence-electron chi connectivity index (χ2n) is 0.957. The van der Waals surface area contributed by atoms with E-state index in [-0.39, 0.29) is 30.3 Å². The minimum Gasteiger partial charge on any atom is -0.415 e. The molecule has 0 unspecified atom stereocenters. The van der Waals surface area contributed by atoms with Crippen LogP contribution < -0.4 is 17.2 Å². The van der Waals surface area contributed by atoms with Gasteiger partial charge in [0.1, 0.15) is 0 Å². The van der Waals surface area contributed by atoms with Crippen LogP contribution in [-0.2, 0) is 55.2 Å². The Hall–Kier alpha value is 0.862. The molecule has 10 heteroatoms. The Morgan fingerprint density at radius 3 is 0.692 bits per heavy atom. The third kappa shape index (κ3) is 2040. The van der Waals surface area contributed by atoms with E-state index in [4.69, 9.17) is 0 Å². The van der Waals surface area contributed by atoms with Crippen LogP contribution in [0.15, 0.2) is 0 Å². The molecule has 0 aromatic heterocycles. The molecule has 0 aromatic carbocycles. The van der Waals surface area contributed by atoms with E-state index in [2.05, 4.69) is 91.7 Å². The van der Waals surface area contributed by atoms with Gasteiger partial charge in [0.15, 0.2) is 0 Å². The van der Waals surface area contributed by atoms with E-state index in [0.29, 0.717) is 0 Å². The number of nitrogens with two attached hydrogens (primary N) is 3. The van der Waals surface area contributed by atoms with E-state index in [0.717, 1.165) is 0 Å². The third-order valence-electron chi connectivity index (χ3n) is 0. The summed E-state index contributed by atoms with van der Waals surface area (Å²) in [5.41, 5.74) is 14.0. The molecule has 0 amide bonds. The third-order valence-corrected chi connectivity index (χ3v) is 0. The van der Waals surface area contributed by atoms with Crippen LogP contribution in [0.5, 0.6) is 0 Å². The van der Waals surface area contributed by atoms with Crippen molar-refractivity contribution in [2.75, 3.05) is 0 Å². The van der Waals surface area contributed by atoms with Crippen LogP contribution in [0, 0.1) is 0 Å². The van der Waals surface area contributed by atoms with Gasteiger partial charge in [0.05, 0.1) is 0 Å². The average Bonchev–Trinajstić information content (AvgIpc) is 1.54. The van der Waals surface area contributed by atoms with Crippen molar-refractivity contribution in [1.29, 1.82) is 0 Å². The topological polar surface area (TPSA) is 78.1 Å². The van der Waals surface area contributed by atoms with Crippen molar-refractivity contribution >= 4 is 87.5 Å². The van der Waals surface area contributed by atoms with Gasteiger partial charge in [0, 0.05) is 0 Å². The number of hydrogen-bond acceptors (Lipinski definition) is 6. The summed E-state index contributed by atoms with van der Waals surface area (Å²) in [4.78, 5) is 0. The Kier molecular flexibility index (Phi) is 33.8. The molecule has 13 heavy (non-hydrogen) atoms. The monoisotopic (exact) mass is 328 g/mol. The van der Waals surface area contributed by atoms with Crippen molar-refractivity contribution in [3.63, 3.8) is 0 Å². The Morgan fingerprint density at radius 1 is 0.692 bits per heavy atom. The van der Waals surface area contributed by atoms with Gasteiger partial charge in [-0.1, -0.05) is 13.0 Å². The maximum Gasteiger partial charge on any atom is 3.00 e. The van der Waals surface area contributed by atoms with E-state index in [1.54, 1.807) is 0 Å². The van der Waals surface area contributed by atoms with Gasteiger partial charge < -0.3 is 91.7 Å². The molecule has 0 spiro atoms. The molecule has 6 N–H and O–H groups in total. The summed E-state index contributed by atoms with van der Waals surface area (Å²) in [5, 5.41) is 0. The van der Waals surface area contributed by atoms with E-state index >= 15 is 0 Å². The first-order valence-corrected chi connectivity index (χ1v) is 4.54. The molecule has 0 saturated carbocycles. The first-order valence-electron chi connectivity index (χ1n) is 2.09. The average molecular weight is 328 g/mol. The summed E-state index contributed by atoms with van der Waals surface area (Å²) in [6.45, 7) is 0. The predicted octanol–water partition coefficient (Wildman–Crippen LogP) is -0.672. The molecule has 0 bridgehead atoms. The molecule has 0 saturated heterocycles. The number of hydrogen-bond donors (Lipinski definition) is 3. The van der Waals surface area contributed by atoms with Gasteiger partial charge in [-0.15, -0.1) is 0 Å². The molecule has 75 valence electrons. The first kappa shape index (κ1) is 23.6. The summed E-state index contributed by atoms with van der Waals surface area (Å²) in [7, 11) is 0. The van der Waals surface area contributed by atoms with Crippen LogP contribution in [0.1, 0.15) is 0 Å². The van der Waals surface area contributed by atoms with Gasteiger partial charge in [0.25, 0.3) is 0 Å². The Morgan fingerprint density at radius 2 is 0.692 bits per heavy atom. The molecule has 0 fully saturated rings. The molecule has 0 aliphatic heterocycles. The summed E-state index contributed by atoms with van der Waals surface area (Å²) >= 11 is 24.8. The summed E-state index contributed by atoms with van der Waals surface area (Å²) in [6.07, 6.45) is 0. The van der Waals surface area contributed by atoms with Crippen LogP contribution in [0.3, 0.4) is 0 Å². The predicted molar refractivity (Wildman–Crippen MR) is 72.5 cm³/mol. The fourth-order valence-corrected chi connectivity index (χ4v) is 0.